The maximum atomic E-state index is 12.4. The van der Waals surface area contributed by atoms with Crippen molar-refractivity contribution in [2.75, 3.05) is 30.3 Å². The van der Waals surface area contributed by atoms with Crippen LogP contribution in [0.1, 0.15) is 12.8 Å². The number of hydrogen-bond acceptors (Lipinski definition) is 5. The zero-order valence-electron chi connectivity index (χ0n) is 14.1. The molecule has 25 heavy (non-hydrogen) atoms. The second-order valence-electron chi connectivity index (χ2n) is 5.87. The first-order valence-electron chi connectivity index (χ1n) is 8.19. The highest BCUT2D eigenvalue weighted by atomic mass is 32.2. The molecule has 0 amide bonds. The first-order valence-corrected chi connectivity index (χ1v) is 9.67. The zero-order valence-corrected chi connectivity index (χ0v) is 14.9. The van der Waals surface area contributed by atoms with Gasteiger partial charge >= 0.3 is 0 Å². The third-order valence-electron chi connectivity index (χ3n) is 4.06. The lowest BCUT2D eigenvalue weighted by molar-refractivity contribution is 0.120. The van der Waals surface area contributed by atoms with Crippen molar-refractivity contribution in [3.05, 3.63) is 48.5 Å². The van der Waals surface area contributed by atoms with E-state index < -0.39 is 10.0 Å². The minimum atomic E-state index is -3.62. The Kier molecular flexibility index (Phi) is 5.45. The van der Waals surface area contributed by atoms with Gasteiger partial charge in [-0.25, -0.2) is 8.42 Å². The van der Waals surface area contributed by atoms with E-state index in [0.29, 0.717) is 11.4 Å². The van der Waals surface area contributed by atoms with Gasteiger partial charge < -0.3 is 14.8 Å². The molecule has 0 bridgehead atoms. The first kappa shape index (κ1) is 17.6. The molecule has 1 unspecified atom stereocenters. The van der Waals surface area contributed by atoms with Gasteiger partial charge in [-0.3, -0.25) is 4.72 Å². The monoisotopic (exact) mass is 362 g/mol. The van der Waals surface area contributed by atoms with Gasteiger partial charge in [0.2, 0.25) is 0 Å². The molecule has 0 radical (unpaired) electrons. The Morgan fingerprint density at radius 2 is 1.76 bits per heavy atom. The SMILES string of the molecule is COc1ccc(S(=O)(=O)Nc2ccc(NCC3CCCO3)cc2)cc1. The van der Waals surface area contributed by atoms with Crippen LogP contribution in [0, 0.1) is 0 Å². The molecule has 0 aromatic heterocycles. The van der Waals surface area contributed by atoms with Gasteiger partial charge in [-0.05, 0) is 61.4 Å². The van der Waals surface area contributed by atoms with Gasteiger partial charge in [-0.15, -0.1) is 0 Å². The van der Waals surface area contributed by atoms with Gasteiger partial charge in [-0.1, -0.05) is 0 Å². The number of methoxy groups -OCH3 is 1. The second-order valence-corrected chi connectivity index (χ2v) is 7.56. The van der Waals surface area contributed by atoms with Crippen LogP contribution in [0.4, 0.5) is 11.4 Å². The smallest absolute Gasteiger partial charge is 0.261 e. The summed E-state index contributed by atoms with van der Waals surface area (Å²) in [6.07, 6.45) is 2.44. The molecule has 1 aliphatic rings. The molecular weight excluding hydrogens is 340 g/mol. The normalized spacial score (nSPS) is 17.2. The quantitative estimate of drug-likeness (QED) is 0.791. The van der Waals surface area contributed by atoms with E-state index in [4.69, 9.17) is 9.47 Å². The van der Waals surface area contributed by atoms with Gasteiger partial charge in [0.05, 0.1) is 18.1 Å². The predicted molar refractivity (Wildman–Crippen MR) is 97.7 cm³/mol. The molecule has 0 spiro atoms. The fourth-order valence-corrected chi connectivity index (χ4v) is 3.72. The lowest BCUT2D eigenvalue weighted by Crippen LogP contribution is -2.18. The first-order chi connectivity index (χ1) is 12.1. The van der Waals surface area contributed by atoms with Gasteiger partial charge in [0.1, 0.15) is 5.75 Å². The predicted octanol–water partition coefficient (Wildman–Crippen LogP) is 3.09. The summed E-state index contributed by atoms with van der Waals surface area (Å²) < 4.78 is 38.0. The van der Waals surface area contributed by atoms with Crippen LogP contribution in [0.25, 0.3) is 0 Å². The third-order valence-corrected chi connectivity index (χ3v) is 5.46. The Labute approximate surface area is 148 Å². The maximum Gasteiger partial charge on any atom is 0.261 e. The van der Waals surface area contributed by atoms with E-state index in [1.807, 2.05) is 12.1 Å². The molecule has 2 aromatic rings. The number of benzene rings is 2. The minimum absolute atomic E-state index is 0.189. The number of hydrogen-bond donors (Lipinski definition) is 2. The summed E-state index contributed by atoms with van der Waals surface area (Å²) in [4.78, 5) is 0.189. The average Bonchev–Trinajstić information content (AvgIpc) is 3.14. The zero-order chi connectivity index (χ0) is 17.7. The summed E-state index contributed by atoms with van der Waals surface area (Å²) in [5.74, 6) is 0.612. The molecule has 7 heteroatoms. The van der Waals surface area contributed by atoms with Crippen LogP contribution in [0.3, 0.4) is 0 Å². The highest BCUT2D eigenvalue weighted by Crippen LogP contribution is 2.21. The highest BCUT2D eigenvalue weighted by molar-refractivity contribution is 7.92. The summed E-state index contributed by atoms with van der Waals surface area (Å²) >= 11 is 0. The van der Waals surface area contributed by atoms with E-state index in [-0.39, 0.29) is 11.0 Å². The molecule has 1 saturated heterocycles. The molecule has 1 aliphatic heterocycles. The molecule has 3 rings (SSSR count). The van der Waals surface area contributed by atoms with E-state index >= 15 is 0 Å². The van der Waals surface area contributed by atoms with Crippen molar-refractivity contribution >= 4 is 21.4 Å². The molecule has 134 valence electrons. The summed E-state index contributed by atoms with van der Waals surface area (Å²) in [5.41, 5.74) is 1.45. The van der Waals surface area contributed by atoms with Crippen LogP contribution >= 0.6 is 0 Å². The summed E-state index contributed by atoms with van der Waals surface area (Å²) in [6, 6.07) is 13.4. The summed E-state index contributed by atoms with van der Waals surface area (Å²) in [5, 5.41) is 3.30. The number of nitrogens with one attached hydrogen (secondary N) is 2. The van der Waals surface area contributed by atoms with Crippen LogP contribution in [-0.4, -0.2) is 34.8 Å². The second kappa shape index (κ2) is 7.76. The van der Waals surface area contributed by atoms with Crippen molar-refractivity contribution in [1.82, 2.24) is 0 Å². The summed E-state index contributed by atoms with van der Waals surface area (Å²) in [6.45, 7) is 1.59. The fourth-order valence-electron chi connectivity index (χ4n) is 2.66. The largest absolute Gasteiger partial charge is 0.497 e. The van der Waals surface area contributed by atoms with Crippen molar-refractivity contribution < 1.29 is 17.9 Å². The van der Waals surface area contributed by atoms with Crippen LogP contribution in [0.2, 0.25) is 0 Å². The van der Waals surface area contributed by atoms with Crippen molar-refractivity contribution in [2.45, 2.75) is 23.8 Å². The Morgan fingerprint density at radius 1 is 1.08 bits per heavy atom. The van der Waals surface area contributed by atoms with Gasteiger partial charge in [-0.2, -0.15) is 0 Å². The maximum absolute atomic E-state index is 12.4. The summed E-state index contributed by atoms with van der Waals surface area (Å²) in [7, 11) is -2.08. The van der Waals surface area contributed by atoms with Crippen molar-refractivity contribution in [1.29, 1.82) is 0 Å². The molecule has 1 heterocycles. The lowest BCUT2D eigenvalue weighted by Gasteiger charge is -2.13. The Balaban J connectivity index is 1.61. The molecular formula is C18H22N2O4S. The van der Waals surface area contributed by atoms with Crippen LogP contribution in [-0.2, 0) is 14.8 Å². The molecule has 1 fully saturated rings. The fraction of sp³-hybridized carbons (Fsp3) is 0.333. The van der Waals surface area contributed by atoms with Crippen LogP contribution in [0.15, 0.2) is 53.4 Å². The van der Waals surface area contributed by atoms with E-state index in [0.717, 1.165) is 31.7 Å². The van der Waals surface area contributed by atoms with Crippen molar-refractivity contribution in [2.24, 2.45) is 0 Å². The minimum Gasteiger partial charge on any atom is -0.497 e. The van der Waals surface area contributed by atoms with Gasteiger partial charge in [0, 0.05) is 24.5 Å². The Hall–Kier alpha value is -2.25. The van der Waals surface area contributed by atoms with Crippen LogP contribution in [0.5, 0.6) is 5.75 Å². The van der Waals surface area contributed by atoms with E-state index in [9.17, 15) is 8.42 Å². The molecule has 2 N–H and O–H groups in total. The van der Waals surface area contributed by atoms with Gasteiger partial charge in [0.25, 0.3) is 10.0 Å². The average molecular weight is 362 g/mol. The highest BCUT2D eigenvalue weighted by Gasteiger charge is 2.16. The number of rotatable bonds is 7. The van der Waals surface area contributed by atoms with Crippen molar-refractivity contribution in [3.8, 4) is 5.75 Å². The number of anilines is 2. The standard InChI is InChI=1S/C18H22N2O4S/c1-23-16-8-10-18(11-9-16)25(21,22)20-15-6-4-14(5-7-15)19-13-17-3-2-12-24-17/h4-11,17,19-20H,2-3,12-13H2,1H3. The lowest BCUT2D eigenvalue weighted by atomic mass is 10.2. The number of ether oxygens (including phenoxy) is 2. The van der Waals surface area contributed by atoms with E-state index in [2.05, 4.69) is 10.0 Å². The topological polar surface area (TPSA) is 76.7 Å². The molecule has 0 saturated carbocycles. The molecule has 2 aromatic carbocycles. The van der Waals surface area contributed by atoms with E-state index in [1.54, 1.807) is 24.3 Å². The Morgan fingerprint density at radius 3 is 2.36 bits per heavy atom. The van der Waals surface area contributed by atoms with Crippen LogP contribution < -0.4 is 14.8 Å². The molecule has 1 atom stereocenters. The van der Waals surface area contributed by atoms with Crippen molar-refractivity contribution in [3.63, 3.8) is 0 Å². The Bertz CT molecular complexity index is 783. The van der Waals surface area contributed by atoms with E-state index in [1.165, 1.54) is 19.2 Å². The third kappa shape index (κ3) is 4.64. The molecule has 0 aliphatic carbocycles. The number of sulfonamides is 1. The molecule has 6 nitrogen and oxygen atoms in total. The van der Waals surface area contributed by atoms with Gasteiger partial charge in [0.15, 0.2) is 0 Å².